The minimum absolute atomic E-state index is 0.108. The second-order valence-electron chi connectivity index (χ2n) is 9.48. The van der Waals surface area contributed by atoms with Gasteiger partial charge in [0.2, 0.25) is 5.43 Å². The van der Waals surface area contributed by atoms with Gasteiger partial charge < -0.3 is 24.1 Å². The van der Waals surface area contributed by atoms with Crippen LogP contribution in [0.3, 0.4) is 0 Å². The molecular weight excluding hydrogens is 546 g/mol. The van der Waals surface area contributed by atoms with E-state index >= 15 is 4.39 Å². The second-order valence-corrected chi connectivity index (χ2v) is 9.48. The van der Waals surface area contributed by atoms with E-state index in [0.717, 1.165) is 6.07 Å². The zero-order chi connectivity index (χ0) is 30.1. The number of methoxy groups -OCH3 is 2. The van der Waals surface area contributed by atoms with Gasteiger partial charge in [-0.3, -0.25) is 14.6 Å². The van der Waals surface area contributed by atoms with Crippen molar-refractivity contribution in [2.45, 2.75) is 13.8 Å². The van der Waals surface area contributed by atoms with E-state index in [-0.39, 0.29) is 34.2 Å². The van der Waals surface area contributed by atoms with Gasteiger partial charge in [-0.1, -0.05) is 6.07 Å². The molecular formula is C31H26F2N4O5. The van der Waals surface area contributed by atoms with Gasteiger partial charge in [0, 0.05) is 54.6 Å². The van der Waals surface area contributed by atoms with Crippen LogP contribution in [0.2, 0.25) is 0 Å². The van der Waals surface area contributed by atoms with E-state index in [1.807, 2.05) is 0 Å². The third kappa shape index (κ3) is 5.24. The molecule has 3 aromatic heterocycles. The average Bonchev–Trinajstić information content (AvgIpc) is 2.96. The van der Waals surface area contributed by atoms with E-state index in [2.05, 4.69) is 15.3 Å². The average molecular weight is 573 g/mol. The highest BCUT2D eigenvalue weighted by Crippen LogP contribution is 2.35. The number of aryl methyl sites for hydroxylation is 2. The van der Waals surface area contributed by atoms with Gasteiger partial charge in [-0.2, -0.15) is 0 Å². The lowest BCUT2D eigenvalue weighted by molar-refractivity contribution is 0.102. The molecule has 3 heterocycles. The predicted octanol–water partition coefficient (Wildman–Crippen LogP) is 5.95. The van der Waals surface area contributed by atoms with Crippen molar-refractivity contribution in [3.05, 3.63) is 99.6 Å². The van der Waals surface area contributed by atoms with Gasteiger partial charge in [0.05, 0.1) is 19.7 Å². The smallest absolute Gasteiger partial charge is 0.261 e. The van der Waals surface area contributed by atoms with Gasteiger partial charge in [0.15, 0.2) is 23.1 Å². The maximum absolute atomic E-state index is 15.2. The van der Waals surface area contributed by atoms with Gasteiger partial charge in [-0.25, -0.2) is 13.8 Å². The van der Waals surface area contributed by atoms with Crippen LogP contribution in [0.25, 0.3) is 22.2 Å². The summed E-state index contributed by atoms with van der Waals surface area (Å²) in [7, 11) is 4.61. The summed E-state index contributed by atoms with van der Waals surface area (Å²) < 4.78 is 46.8. The molecule has 0 saturated heterocycles. The van der Waals surface area contributed by atoms with Crippen molar-refractivity contribution in [1.29, 1.82) is 0 Å². The highest BCUT2D eigenvalue weighted by atomic mass is 19.1. The van der Waals surface area contributed by atoms with E-state index in [9.17, 15) is 14.0 Å². The zero-order valence-electron chi connectivity index (χ0n) is 23.4. The predicted molar refractivity (Wildman–Crippen MR) is 154 cm³/mol. The number of aromatic nitrogens is 3. The maximum Gasteiger partial charge on any atom is 0.261 e. The molecule has 0 spiro atoms. The second kappa shape index (κ2) is 11.3. The van der Waals surface area contributed by atoms with Crippen molar-refractivity contribution in [2.24, 2.45) is 7.05 Å². The van der Waals surface area contributed by atoms with Gasteiger partial charge in [-0.15, -0.1) is 0 Å². The number of fused-ring (bicyclic) bond motifs is 1. The summed E-state index contributed by atoms with van der Waals surface area (Å²) in [6, 6.07) is 11.1. The Labute approximate surface area is 239 Å². The van der Waals surface area contributed by atoms with Crippen LogP contribution in [0.5, 0.6) is 23.1 Å². The number of nitrogens with one attached hydrogen (secondary N) is 1. The highest BCUT2D eigenvalue weighted by molar-refractivity contribution is 6.04. The fraction of sp³-hybridized carbons (Fsp3) is 0.161. The Balaban J connectivity index is 1.43. The van der Waals surface area contributed by atoms with E-state index in [1.54, 1.807) is 31.5 Å². The number of amides is 1. The van der Waals surface area contributed by atoms with Crippen LogP contribution in [-0.4, -0.2) is 34.7 Å². The Hall–Kier alpha value is -5.32. The number of carbonyl (C=O) groups excluding carboxylic acids is 1. The fourth-order valence-corrected chi connectivity index (χ4v) is 4.58. The summed E-state index contributed by atoms with van der Waals surface area (Å²) in [6.07, 6.45) is 2.90. The number of rotatable bonds is 7. The highest BCUT2D eigenvalue weighted by Gasteiger charge is 2.21. The number of anilines is 1. The molecule has 0 unspecified atom stereocenters. The zero-order valence-corrected chi connectivity index (χ0v) is 23.4. The summed E-state index contributed by atoms with van der Waals surface area (Å²) in [5.41, 5.74) is 2.17. The lowest BCUT2D eigenvalue weighted by atomic mass is 9.97. The summed E-state index contributed by atoms with van der Waals surface area (Å²) in [6.45, 7) is 3.43. The summed E-state index contributed by atoms with van der Waals surface area (Å²) in [5.74, 6) is -1.23. The number of carbonyl (C=O) groups is 1. The molecule has 5 aromatic rings. The van der Waals surface area contributed by atoms with Crippen LogP contribution in [0.1, 0.15) is 21.6 Å². The number of hydrogen-bond donors (Lipinski definition) is 1. The Morgan fingerprint density at radius 1 is 0.952 bits per heavy atom. The minimum Gasteiger partial charge on any atom is -0.491 e. The normalized spacial score (nSPS) is 10.9. The number of nitrogens with zero attached hydrogens (tertiary/aromatic N) is 3. The summed E-state index contributed by atoms with van der Waals surface area (Å²) in [5, 5.41) is 2.58. The molecule has 42 heavy (non-hydrogen) atoms. The van der Waals surface area contributed by atoms with Crippen molar-refractivity contribution < 1.29 is 27.8 Å². The molecule has 0 aliphatic carbocycles. The molecule has 0 saturated carbocycles. The van der Waals surface area contributed by atoms with Crippen molar-refractivity contribution in [3.63, 3.8) is 0 Å². The fourth-order valence-electron chi connectivity index (χ4n) is 4.58. The molecule has 0 aliphatic rings. The molecule has 2 aromatic carbocycles. The first-order valence-electron chi connectivity index (χ1n) is 12.7. The number of halogens is 2. The summed E-state index contributed by atoms with van der Waals surface area (Å²) in [4.78, 5) is 35.3. The monoisotopic (exact) mass is 572 g/mol. The standard InChI is InChI=1S/C31H26F2N4O5/c1-16-12-18(32)6-8-20(16)27-17(2)37(3)15-21(29(27)38)30(39)35-19-7-9-24(22(33)13-19)42-25-10-11-34-23-14-26(40-4)31(41-5)36-28(23)25/h6-15H,1-5H3,(H,35,39). The Morgan fingerprint density at radius 3 is 2.43 bits per heavy atom. The number of ether oxygens (including phenoxy) is 3. The van der Waals surface area contributed by atoms with Gasteiger partial charge in [-0.05, 0) is 49.2 Å². The first kappa shape index (κ1) is 28.2. The summed E-state index contributed by atoms with van der Waals surface area (Å²) >= 11 is 0. The Kier molecular flexibility index (Phi) is 7.58. The molecule has 1 amide bonds. The van der Waals surface area contributed by atoms with Crippen LogP contribution in [0, 0.1) is 25.5 Å². The van der Waals surface area contributed by atoms with Gasteiger partial charge >= 0.3 is 0 Å². The third-order valence-electron chi connectivity index (χ3n) is 6.82. The molecule has 0 aliphatic heterocycles. The number of benzene rings is 2. The number of hydrogen-bond acceptors (Lipinski definition) is 7. The Bertz CT molecular complexity index is 1920. The van der Waals surface area contributed by atoms with Crippen LogP contribution in [0.4, 0.5) is 14.5 Å². The van der Waals surface area contributed by atoms with Crippen LogP contribution in [0.15, 0.2) is 65.7 Å². The van der Waals surface area contributed by atoms with Crippen molar-refractivity contribution in [2.75, 3.05) is 19.5 Å². The van der Waals surface area contributed by atoms with Crippen LogP contribution in [-0.2, 0) is 7.05 Å². The quantitative estimate of drug-likeness (QED) is 0.257. The minimum atomic E-state index is -0.766. The van der Waals surface area contributed by atoms with Gasteiger partial charge in [0.25, 0.3) is 11.8 Å². The molecule has 214 valence electrons. The molecule has 1 N–H and O–H groups in total. The molecule has 11 heteroatoms. The number of pyridine rings is 3. The Morgan fingerprint density at radius 2 is 1.74 bits per heavy atom. The maximum atomic E-state index is 15.2. The van der Waals surface area contributed by atoms with Crippen LogP contribution < -0.4 is 25.0 Å². The topological polar surface area (TPSA) is 105 Å². The molecule has 0 bridgehead atoms. The van der Waals surface area contributed by atoms with Gasteiger partial charge in [0.1, 0.15) is 16.9 Å². The van der Waals surface area contributed by atoms with E-state index < -0.39 is 23.0 Å². The van der Waals surface area contributed by atoms with Crippen molar-refractivity contribution >= 4 is 22.6 Å². The van der Waals surface area contributed by atoms with E-state index in [0.29, 0.717) is 33.6 Å². The van der Waals surface area contributed by atoms with E-state index in [4.69, 9.17) is 14.2 Å². The largest absolute Gasteiger partial charge is 0.491 e. The molecule has 5 rings (SSSR count). The van der Waals surface area contributed by atoms with Crippen molar-refractivity contribution in [3.8, 4) is 34.3 Å². The van der Waals surface area contributed by atoms with Crippen LogP contribution >= 0.6 is 0 Å². The van der Waals surface area contributed by atoms with Crippen molar-refractivity contribution in [1.82, 2.24) is 14.5 Å². The molecule has 0 atom stereocenters. The first-order valence-corrected chi connectivity index (χ1v) is 12.7. The first-order chi connectivity index (χ1) is 20.1. The molecule has 9 nitrogen and oxygen atoms in total. The van der Waals surface area contributed by atoms with E-state index in [1.165, 1.54) is 63.0 Å². The lowest BCUT2D eigenvalue weighted by Crippen LogP contribution is -2.25. The molecule has 0 fully saturated rings. The lowest BCUT2D eigenvalue weighted by Gasteiger charge is -2.15. The molecule has 0 radical (unpaired) electrons. The third-order valence-corrected chi connectivity index (χ3v) is 6.82. The SMILES string of the molecule is COc1cc2nccc(Oc3ccc(NC(=O)c4cn(C)c(C)c(-c5ccc(F)cc5C)c4=O)cc3F)c2nc1OC.